The van der Waals surface area contributed by atoms with Gasteiger partial charge >= 0.3 is 0 Å². The predicted octanol–water partition coefficient (Wildman–Crippen LogP) is 0.202. The van der Waals surface area contributed by atoms with Crippen LogP contribution in [-0.2, 0) is 20.8 Å². The lowest BCUT2D eigenvalue weighted by molar-refractivity contribution is -0.184. The number of nitrogens with two attached hydrogens (primary N) is 1. The Bertz CT molecular complexity index is 1390. The second kappa shape index (κ2) is 8.37. The minimum atomic E-state index is -2.72. The van der Waals surface area contributed by atoms with Gasteiger partial charge in [-0.1, -0.05) is 0 Å². The fourth-order valence-corrected chi connectivity index (χ4v) is 6.45. The van der Waals surface area contributed by atoms with Gasteiger partial charge in [0, 0.05) is 23.1 Å². The van der Waals surface area contributed by atoms with Gasteiger partial charge in [-0.05, 0) is 56.6 Å². The van der Waals surface area contributed by atoms with Crippen molar-refractivity contribution in [3.8, 4) is 17.1 Å². The van der Waals surface area contributed by atoms with E-state index in [2.05, 4.69) is 0 Å². The second-order valence-corrected chi connectivity index (χ2v) is 10.1. The van der Waals surface area contributed by atoms with Crippen molar-refractivity contribution >= 4 is 29.5 Å². The van der Waals surface area contributed by atoms with Gasteiger partial charge in [0.15, 0.2) is 17.7 Å². The molecule has 0 saturated heterocycles. The Morgan fingerprint density at radius 3 is 2.54 bits per heavy atom. The summed E-state index contributed by atoms with van der Waals surface area (Å²) in [7, 11) is 3.17. The fourth-order valence-electron chi connectivity index (χ4n) is 6.45. The minimum Gasteiger partial charge on any atom is -0.507 e. The van der Waals surface area contributed by atoms with Crippen molar-refractivity contribution in [3.05, 3.63) is 46.7 Å². The number of phenolic OH excluding ortho intramolecular Hbond substituents is 1. The van der Waals surface area contributed by atoms with E-state index in [1.54, 1.807) is 14.1 Å². The van der Waals surface area contributed by atoms with Crippen molar-refractivity contribution in [1.82, 2.24) is 4.90 Å². The van der Waals surface area contributed by atoms with Crippen molar-refractivity contribution in [2.24, 2.45) is 23.5 Å². The van der Waals surface area contributed by atoms with E-state index >= 15 is 0 Å². The van der Waals surface area contributed by atoms with E-state index in [4.69, 9.17) is 10.2 Å². The number of Topliss-reactive ketones (excluding diaryl/α,β-unsaturated/α-hetero) is 2. The molecule has 1 aromatic heterocycles. The third kappa shape index (κ3) is 3.24. The zero-order valence-electron chi connectivity index (χ0n) is 20.0. The third-order valence-corrected chi connectivity index (χ3v) is 8.04. The van der Waals surface area contributed by atoms with Crippen molar-refractivity contribution in [2.75, 3.05) is 14.1 Å². The van der Waals surface area contributed by atoms with Crippen LogP contribution in [0.2, 0.25) is 0 Å². The van der Waals surface area contributed by atoms with Crippen LogP contribution in [-0.4, -0.2) is 80.9 Å². The van der Waals surface area contributed by atoms with Crippen LogP contribution in [0.1, 0.15) is 27.9 Å². The number of ketones is 2. The lowest BCUT2D eigenvalue weighted by Gasteiger charge is -2.53. The van der Waals surface area contributed by atoms with Gasteiger partial charge in [0.05, 0.1) is 23.5 Å². The predicted molar refractivity (Wildman–Crippen MR) is 127 cm³/mol. The number of phenols is 1. The van der Waals surface area contributed by atoms with E-state index in [9.17, 15) is 39.6 Å². The molecule has 0 spiro atoms. The molecule has 6 N–H and O–H groups in total. The summed E-state index contributed by atoms with van der Waals surface area (Å²) >= 11 is 0. The van der Waals surface area contributed by atoms with Crippen LogP contribution in [0.5, 0.6) is 5.75 Å². The molecule has 11 nitrogen and oxygen atoms in total. The Morgan fingerprint density at radius 2 is 1.92 bits per heavy atom. The molecule has 0 bridgehead atoms. The first-order valence-corrected chi connectivity index (χ1v) is 11.7. The molecule has 6 atom stereocenters. The molecule has 3 aliphatic carbocycles. The van der Waals surface area contributed by atoms with E-state index in [0.717, 1.165) is 0 Å². The average molecular weight is 510 g/mol. The molecule has 37 heavy (non-hydrogen) atoms. The second-order valence-electron chi connectivity index (χ2n) is 10.1. The zero-order chi connectivity index (χ0) is 27.0. The number of hydrogen-bond donors (Lipinski definition) is 5. The molecule has 5 rings (SSSR count). The maximum Gasteiger partial charge on any atom is 0.230 e. The Balaban J connectivity index is 1.72. The van der Waals surface area contributed by atoms with Crippen LogP contribution in [0.4, 0.5) is 0 Å². The monoisotopic (exact) mass is 510 g/mol. The number of fused-ring (bicyclic) bond motifs is 3. The number of carbonyl (C=O) groups excluding carboxylic acids is 4. The van der Waals surface area contributed by atoms with Crippen molar-refractivity contribution in [1.29, 1.82) is 0 Å². The summed E-state index contributed by atoms with van der Waals surface area (Å²) in [6, 6.07) is 3.31. The number of aromatic hydroxyl groups is 1. The van der Waals surface area contributed by atoms with E-state index < -0.39 is 58.7 Å². The number of nitrogens with zero attached hydrogens (tertiary/aromatic N) is 1. The first-order valence-electron chi connectivity index (χ1n) is 11.7. The molecule has 1 amide bonds. The summed E-state index contributed by atoms with van der Waals surface area (Å²) in [5.41, 5.74) is 3.43. The fraction of sp³-hybridized carbons (Fsp3) is 0.385. The van der Waals surface area contributed by atoms with Gasteiger partial charge < -0.3 is 35.5 Å². The number of carbonyl (C=O) groups is 4. The van der Waals surface area contributed by atoms with Crippen LogP contribution >= 0.6 is 0 Å². The molecule has 0 radical (unpaired) electrons. The summed E-state index contributed by atoms with van der Waals surface area (Å²) < 4.78 is 5.51. The van der Waals surface area contributed by atoms with Gasteiger partial charge in [0.1, 0.15) is 23.2 Å². The highest BCUT2D eigenvalue weighted by Gasteiger charge is 2.67. The number of hydrogen-bond acceptors (Lipinski definition) is 10. The largest absolute Gasteiger partial charge is 0.507 e. The molecular formula is C26H26N2O9. The highest BCUT2D eigenvalue weighted by atomic mass is 16.3. The smallest absolute Gasteiger partial charge is 0.230 e. The van der Waals surface area contributed by atoms with Crippen LogP contribution < -0.4 is 5.73 Å². The van der Waals surface area contributed by atoms with Gasteiger partial charge in [-0.15, -0.1) is 0 Å². The number of aldehydes is 1. The molecule has 1 aromatic carbocycles. The molecular weight excluding hydrogens is 484 g/mol. The third-order valence-electron chi connectivity index (χ3n) is 8.04. The van der Waals surface area contributed by atoms with E-state index in [0.29, 0.717) is 17.4 Å². The molecule has 2 unspecified atom stereocenters. The maximum absolute atomic E-state index is 13.8. The van der Waals surface area contributed by atoms with Crippen molar-refractivity contribution < 1.29 is 44.0 Å². The topological polar surface area (TPSA) is 192 Å². The van der Waals surface area contributed by atoms with E-state index in [1.807, 2.05) is 0 Å². The summed E-state index contributed by atoms with van der Waals surface area (Å²) in [6.45, 7) is 0. The lowest BCUT2D eigenvalue weighted by atomic mass is 9.54. The van der Waals surface area contributed by atoms with Crippen LogP contribution in [0.25, 0.3) is 17.1 Å². The number of furan rings is 1. The molecule has 2 fully saturated rings. The number of primary amides is 1. The average Bonchev–Trinajstić information content (AvgIpc) is 3.29. The standard InChI is InChI=1S/C26H26N2O9/c1-28(2)19-14-8-11-7-13-12(22-10(9-29)5-6-37-22)3-4-15(30)17(13)20(31)16(11)23(33)26(14,36)24(34)18(21(19)32)25(27)35/h3-6,9,11,14,18-19,21,30-32,36H,7-8H2,1-2H3,(H2,27,35)/t11-,14-,18?,19-,21?,26-/m0/s1. The van der Waals surface area contributed by atoms with Crippen LogP contribution in [0, 0.1) is 17.8 Å². The number of rotatable bonds is 4. The lowest BCUT2D eigenvalue weighted by Crippen LogP contribution is -2.73. The molecule has 11 heteroatoms. The Morgan fingerprint density at radius 1 is 1.22 bits per heavy atom. The van der Waals surface area contributed by atoms with E-state index in [-0.39, 0.29) is 41.1 Å². The normalized spacial score (nSPS) is 31.1. The van der Waals surface area contributed by atoms with Gasteiger partial charge in [-0.2, -0.15) is 0 Å². The van der Waals surface area contributed by atoms with Gasteiger partial charge in [0.25, 0.3) is 0 Å². The van der Waals surface area contributed by atoms with Crippen LogP contribution in [0.15, 0.2) is 34.5 Å². The van der Waals surface area contributed by atoms with Gasteiger partial charge in [-0.25, -0.2) is 0 Å². The molecule has 194 valence electrons. The van der Waals surface area contributed by atoms with Crippen LogP contribution in [0.3, 0.4) is 0 Å². The number of aliphatic hydroxyl groups is 3. The first-order chi connectivity index (χ1) is 17.4. The highest BCUT2D eigenvalue weighted by molar-refractivity contribution is 6.25. The van der Waals surface area contributed by atoms with Gasteiger partial charge in [-0.3, -0.25) is 19.2 Å². The quantitative estimate of drug-likeness (QED) is 0.280. The first kappa shape index (κ1) is 24.9. The number of aliphatic hydroxyl groups excluding tert-OH is 2. The molecule has 3 aliphatic rings. The summed E-state index contributed by atoms with van der Waals surface area (Å²) in [4.78, 5) is 52.3. The summed E-state index contributed by atoms with van der Waals surface area (Å²) in [5, 5.41) is 44.5. The maximum atomic E-state index is 13.8. The number of benzene rings is 1. The van der Waals surface area contributed by atoms with Gasteiger partial charge in [0.2, 0.25) is 11.7 Å². The molecule has 1 heterocycles. The number of amides is 1. The molecule has 0 aliphatic heterocycles. The Kier molecular flexibility index (Phi) is 5.63. The Labute approximate surface area is 210 Å². The summed E-state index contributed by atoms with van der Waals surface area (Å²) in [6.07, 6.45) is 0.466. The van der Waals surface area contributed by atoms with E-state index in [1.165, 1.54) is 29.4 Å². The Hall–Kier alpha value is -3.80. The van der Waals surface area contributed by atoms with Crippen molar-refractivity contribution in [3.63, 3.8) is 0 Å². The zero-order valence-corrected chi connectivity index (χ0v) is 20.0. The SMILES string of the molecule is CN(C)[C@@H]1C(O)C(C(N)=O)C(=O)[C@@]2(O)C(=O)C3=C(O)c4c(O)ccc(-c5occc5C=O)c4C[C@H]3C[C@@H]12. The summed E-state index contributed by atoms with van der Waals surface area (Å²) in [5.74, 6) is -7.89. The highest BCUT2D eigenvalue weighted by Crippen LogP contribution is 2.53. The number of likely N-dealkylation sites (N-methyl/N-ethyl adjacent to an activating group) is 1. The molecule has 2 aromatic rings. The minimum absolute atomic E-state index is 0.00795. The van der Waals surface area contributed by atoms with Crippen molar-refractivity contribution in [2.45, 2.75) is 30.6 Å². The molecule has 2 saturated carbocycles.